The van der Waals surface area contributed by atoms with E-state index in [9.17, 15) is 0 Å². The van der Waals surface area contributed by atoms with Gasteiger partial charge in [-0.05, 0) is 30.3 Å². The molecule has 0 radical (unpaired) electrons. The summed E-state index contributed by atoms with van der Waals surface area (Å²) in [5.74, 6) is 0.997. The number of aryl methyl sites for hydroxylation is 2. The maximum Gasteiger partial charge on any atom is 0.150 e. The molecule has 0 spiro atoms. The fraction of sp³-hybridized carbons (Fsp3) is 0.118. The van der Waals surface area contributed by atoms with Crippen LogP contribution in [0.2, 0.25) is 0 Å². The Kier molecular flexibility index (Phi) is 3.73. The maximum absolute atomic E-state index is 4.52. The van der Waals surface area contributed by atoms with Crippen molar-refractivity contribution in [1.82, 2.24) is 24.7 Å². The first kappa shape index (κ1) is 13.9. The van der Waals surface area contributed by atoms with Gasteiger partial charge in [-0.1, -0.05) is 6.07 Å². The highest BCUT2D eigenvalue weighted by Crippen LogP contribution is 2.32. The molecule has 0 aliphatic rings. The topological polar surface area (TPSA) is 59.4 Å². The van der Waals surface area contributed by atoms with E-state index in [4.69, 9.17) is 0 Å². The van der Waals surface area contributed by atoms with Crippen LogP contribution in [0.3, 0.4) is 0 Å². The highest BCUT2D eigenvalue weighted by molar-refractivity contribution is 7.18. The molecular formula is C17H15N5S. The number of aromatic amines is 1. The highest BCUT2D eigenvalue weighted by Gasteiger charge is 2.11. The molecule has 4 aromatic rings. The van der Waals surface area contributed by atoms with Crippen LogP contribution in [-0.4, -0.2) is 24.7 Å². The molecule has 1 N–H and O–H groups in total. The molecule has 4 aromatic heterocycles. The van der Waals surface area contributed by atoms with Gasteiger partial charge in [-0.3, -0.25) is 10.1 Å². The second kappa shape index (κ2) is 6.18. The van der Waals surface area contributed by atoms with E-state index in [0.717, 1.165) is 39.9 Å². The summed E-state index contributed by atoms with van der Waals surface area (Å²) >= 11 is 1.71. The van der Waals surface area contributed by atoms with Crippen LogP contribution in [0.5, 0.6) is 0 Å². The Morgan fingerprint density at radius 3 is 2.74 bits per heavy atom. The Morgan fingerprint density at radius 1 is 0.957 bits per heavy atom. The van der Waals surface area contributed by atoms with Crippen LogP contribution in [0.25, 0.3) is 21.3 Å². The summed E-state index contributed by atoms with van der Waals surface area (Å²) in [6.07, 6.45) is 8.36. The smallest absolute Gasteiger partial charge is 0.150 e. The van der Waals surface area contributed by atoms with Gasteiger partial charge < -0.3 is 4.57 Å². The summed E-state index contributed by atoms with van der Waals surface area (Å²) in [5, 5.41) is 7.00. The summed E-state index contributed by atoms with van der Waals surface area (Å²) in [5.41, 5.74) is 2.13. The predicted octanol–water partition coefficient (Wildman–Crippen LogP) is 3.64. The molecule has 0 aromatic carbocycles. The van der Waals surface area contributed by atoms with E-state index in [1.165, 1.54) is 0 Å². The van der Waals surface area contributed by atoms with E-state index in [0.29, 0.717) is 0 Å². The molecule has 0 saturated heterocycles. The fourth-order valence-corrected chi connectivity index (χ4v) is 3.49. The number of rotatable bonds is 5. The minimum Gasteiger partial charge on any atom is -0.330 e. The minimum absolute atomic E-state index is 0.865. The molecule has 4 heterocycles. The second-order valence-electron chi connectivity index (χ2n) is 5.15. The van der Waals surface area contributed by atoms with Gasteiger partial charge in [0.05, 0.1) is 15.4 Å². The molecule has 0 aliphatic heterocycles. The Morgan fingerprint density at radius 2 is 1.91 bits per heavy atom. The van der Waals surface area contributed by atoms with Gasteiger partial charge in [0.2, 0.25) is 0 Å². The molecule has 0 atom stereocenters. The van der Waals surface area contributed by atoms with Crippen molar-refractivity contribution in [1.29, 1.82) is 0 Å². The van der Waals surface area contributed by atoms with Crippen molar-refractivity contribution in [3.8, 4) is 21.3 Å². The van der Waals surface area contributed by atoms with Gasteiger partial charge >= 0.3 is 0 Å². The molecule has 5 nitrogen and oxygen atoms in total. The van der Waals surface area contributed by atoms with Crippen molar-refractivity contribution in [2.45, 2.75) is 13.0 Å². The van der Waals surface area contributed by atoms with Crippen molar-refractivity contribution in [3.05, 3.63) is 66.9 Å². The number of imidazole rings is 1. The van der Waals surface area contributed by atoms with Gasteiger partial charge in [0.15, 0.2) is 0 Å². The van der Waals surface area contributed by atoms with Crippen molar-refractivity contribution in [3.63, 3.8) is 0 Å². The zero-order valence-electron chi connectivity index (χ0n) is 12.4. The molecule has 0 unspecified atom stereocenters. The molecule has 23 heavy (non-hydrogen) atoms. The highest BCUT2D eigenvalue weighted by atomic mass is 32.1. The molecule has 0 amide bonds. The van der Waals surface area contributed by atoms with E-state index in [2.05, 4.69) is 42.9 Å². The molecule has 0 aliphatic carbocycles. The predicted molar refractivity (Wildman–Crippen MR) is 91.1 cm³/mol. The number of nitrogens with one attached hydrogen (secondary N) is 1. The van der Waals surface area contributed by atoms with Gasteiger partial charge in [0.25, 0.3) is 0 Å². The van der Waals surface area contributed by atoms with Crippen LogP contribution in [0.4, 0.5) is 0 Å². The van der Waals surface area contributed by atoms with Crippen LogP contribution in [0, 0.1) is 0 Å². The molecule has 0 saturated carbocycles. The molecule has 114 valence electrons. The molecule has 4 rings (SSSR count). The lowest BCUT2D eigenvalue weighted by molar-refractivity contribution is 0.693. The third-order valence-electron chi connectivity index (χ3n) is 3.64. The number of thiophene rings is 1. The largest absolute Gasteiger partial charge is 0.330 e. The van der Waals surface area contributed by atoms with E-state index >= 15 is 0 Å². The minimum atomic E-state index is 0.865. The molecule has 6 heteroatoms. The Hall–Kier alpha value is -2.73. The zero-order valence-corrected chi connectivity index (χ0v) is 13.2. The number of H-pyrrole nitrogens is 1. The second-order valence-corrected chi connectivity index (χ2v) is 6.23. The first-order chi connectivity index (χ1) is 11.4. The average molecular weight is 321 g/mol. The van der Waals surface area contributed by atoms with Crippen molar-refractivity contribution in [2.24, 2.45) is 0 Å². The number of hydrogen-bond donors (Lipinski definition) is 1. The normalized spacial score (nSPS) is 11.0. The first-order valence-corrected chi connectivity index (χ1v) is 8.23. The third kappa shape index (κ3) is 2.93. The zero-order chi connectivity index (χ0) is 15.5. The Labute approximate surface area is 137 Å². The summed E-state index contributed by atoms with van der Waals surface area (Å²) in [7, 11) is 0. The summed E-state index contributed by atoms with van der Waals surface area (Å²) < 4.78 is 2.18. The van der Waals surface area contributed by atoms with Gasteiger partial charge in [-0.25, -0.2) is 4.98 Å². The number of nitrogens with zero attached hydrogens (tertiary/aromatic N) is 4. The number of aromatic nitrogens is 5. The van der Waals surface area contributed by atoms with E-state index in [1.807, 2.05) is 36.8 Å². The SMILES string of the molecule is c1ccc(CCn2ccnc2-c2ccc(-c3ccn[nH]3)s2)nc1. The van der Waals surface area contributed by atoms with E-state index in [1.54, 1.807) is 17.5 Å². The third-order valence-corrected chi connectivity index (χ3v) is 4.76. The summed E-state index contributed by atoms with van der Waals surface area (Å²) in [6, 6.07) is 12.2. The van der Waals surface area contributed by atoms with Crippen molar-refractivity contribution >= 4 is 11.3 Å². The first-order valence-electron chi connectivity index (χ1n) is 7.41. The van der Waals surface area contributed by atoms with Crippen LogP contribution < -0.4 is 0 Å². The van der Waals surface area contributed by atoms with Crippen LogP contribution in [0.1, 0.15) is 5.69 Å². The summed E-state index contributed by atoms with van der Waals surface area (Å²) in [6.45, 7) is 0.865. The number of pyridine rings is 1. The fourth-order valence-electron chi connectivity index (χ4n) is 2.49. The lowest BCUT2D eigenvalue weighted by Crippen LogP contribution is -2.03. The van der Waals surface area contributed by atoms with Gasteiger partial charge in [-0.15, -0.1) is 11.3 Å². The Balaban J connectivity index is 1.55. The van der Waals surface area contributed by atoms with Gasteiger partial charge in [0.1, 0.15) is 5.82 Å². The standard InChI is InChI=1S/C17H15N5S/c1-2-8-18-13(3-1)7-11-22-12-10-19-17(22)16-5-4-15(23-16)14-6-9-20-21-14/h1-6,8-10,12H,7,11H2,(H,20,21). The van der Waals surface area contributed by atoms with E-state index in [-0.39, 0.29) is 0 Å². The number of hydrogen-bond acceptors (Lipinski definition) is 4. The lowest BCUT2D eigenvalue weighted by Gasteiger charge is -2.06. The van der Waals surface area contributed by atoms with Crippen molar-refractivity contribution in [2.75, 3.05) is 0 Å². The summed E-state index contributed by atoms with van der Waals surface area (Å²) in [4.78, 5) is 11.2. The quantitative estimate of drug-likeness (QED) is 0.610. The van der Waals surface area contributed by atoms with Crippen LogP contribution in [-0.2, 0) is 13.0 Å². The van der Waals surface area contributed by atoms with Crippen molar-refractivity contribution < 1.29 is 0 Å². The average Bonchev–Trinajstić information content (AvgIpc) is 3.32. The van der Waals surface area contributed by atoms with Crippen LogP contribution in [0.15, 0.2) is 61.2 Å². The maximum atomic E-state index is 4.52. The Bertz CT molecular complexity index is 877. The van der Waals surface area contributed by atoms with Gasteiger partial charge in [0, 0.05) is 43.4 Å². The lowest BCUT2D eigenvalue weighted by atomic mass is 10.2. The van der Waals surface area contributed by atoms with Crippen LogP contribution >= 0.6 is 11.3 Å². The molecular weight excluding hydrogens is 306 g/mol. The van der Waals surface area contributed by atoms with Gasteiger partial charge in [-0.2, -0.15) is 5.10 Å². The van der Waals surface area contributed by atoms with E-state index < -0.39 is 0 Å². The monoisotopic (exact) mass is 321 g/mol. The molecule has 0 fully saturated rings. The molecule has 0 bridgehead atoms.